The van der Waals surface area contributed by atoms with Crippen molar-refractivity contribution in [1.29, 1.82) is 0 Å². The normalized spacial score (nSPS) is 11.1. The van der Waals surface area contributed by atoms with Crippen LogP contribution in [0, 0.1) is 0 Å². The molecule has 26 heavy (non-hydrogen) atoms. The van der Waals surface area contributed by atoms with Crippen molar-refractivity contribution in [1.82, 2.24) is 9.55 Å². The van der Waals surface area contributed by atoms with E-state index in [1.807, 2.05) is 43.3 Å². The van der Waals surface area contributed by atoms with Gasteiger partial charge in [-0.05, 0) is 35.7 Å². The van der Waals surface area contributed by atoms with Crippen LogP contribution in [0.5, 0.6) is 0 Å². The van der Waals surface area contributed by atoms with Gasteiger partial charge >= 0.3 is 0 Å². The van der Waals surface area contributed by atoms with Crippen LogP contribution >= 0.6 is 0 Å². The van der Waals surface area contributed by atoms with E-state index in [0.717, 1.165) is 5.69 Å². The van der Waals surface area contributed by atoms with Crippen LogP contribution in [0.3, 0.4) is 0 Å². The molecular weight excluding hydrogens is 326 g/mol. The predicted octanol–water partition coefficient (Wildman–Crippen LogP) is 3.72. The van der Waals surface area contributed by atoms with Gasteiger partial charge in [-0.3, -0.25) is 14.2 Å². The predicted molar refractivity (Wildman–Crippen MR) is 105 cm³/mol. The molecule has 0 radical (unpaired) electrons. The molecule has 3 rings (SSSR count). The number of hydrogen-bond donors (Lipinski definition) is 1. The van der Waals surface area contributed by atoms with Gasteiger partial charge in [0.05, 0.1) is 10.9 Å². The molecule has 0 fully saturated rings. The SMILES string of the molecule is CCc1nc2ccccc2c(=O)n1CC(=O)Nc1ccc(C(C)C)cc1. The van der Waals surface area contributed by atoms with E-state index >= 15 is 0 Å². The standard InChI is InChI=1S/C21H23N3O2/c1-4-19-23-18-8-6-5-7-17(18)21(26)24(19)13-20(25)22-16-11-9-15(10-12-16)14(2)3/h5-12,14H,4,13H2,1-3H3,(H,22,25). The Bertz CT molecular complexity index is 988. The Balaban J connectivity index is 1.85. The third kappa shape index (κ3) is 3.67. The number of fused-ring (bicyclic) bond motifs is 1. The first-order chi connectivity index (χ1) is 12.5. The largest absolute Gasteiger partial charge is 0.325 e. The Morgan fingerprint density at radius 2 is 1.81 bits per heavy atom. The number of hydrogen-bond acceptors (Lipinski definition) is 3. The minimum Gasteiger partial charge on any atom is -0.325 e. The topological polar surface area (TPSA) is 64.0 Å². The van der Waals surface area contributed by atoms with Gasteiger partial charge in [0.1, 0.15) is 12.4 Å². The van der Waals surface area contributed by atoms with Gasteiger partial charge in [0, 0.05) is 12.1 Å². The van der Waals surface area contributed by atoms with Crippen molar-refractivity contribution in [2.24, 2.45) is 0 Å². The number of aromatic nitrogens is 2. The Morgan fingerprint density at radius 3 is 2.46 bits per heavy atom. The summed E-state index contributed by atoms with van der Waals surface area (Å²) >= 11 is 0. The van der Waals surface area contributed by atoms with E-state index < -0.39 is 0 Å². The van der Waals surface area contributed by atoms with Crippen LogP contribution in [0.25, 0.3) is 10.9 Å². The monoisotopic (exact) mass is 349 g/mol. The fourth-order valence-corrected chi connectivity index (χ4v) is 2.94. The molecule has 134 valence electrons. The molecule has 3 aromatic rings. The van der Waals surface area contributed by atoms with Crippen LogP contribution in [-0.4, -0.2) is 15.5 Å². The number of carbonyl (C=O) groups is 1. The molecule has 1 aromatic heterocycles. The van der Waals surface area contributed by atoms with Crippen molar-refractivity contribution in [3.05, 3.63) is 70.3 Å². The lowest BCUT2D eigenvalue weighted by atomic mass is 10.0. The van der Waals surface area contributed by atoms with E-state index in [2.05, 4.69) is 24.1 Å². The Kier molecular flexibility index (Phi) is 5.16. The first-order valence-electron chi connectivity index (χ1n) is 8.88. The van der Waals surface area contributed by atoms with Gasteiger partial charge in [0.25, 0.3) is 5.56 Å². The van der Waals surface area contributed by atoms with Crippen LogP contribution in [0.4, 0.5) is 5.69 Å². The van der Waals surface area contributed by atoms with E-state index in [1.165, 1.54) is 10.1 Å². The first kappa shape index (κ1) is 17.9. The van der Waals surface area contributed by atoms with Gasteiger partial charge in [0.15, 0.2) is 0 Å². The van der Waals surface area contributed by atoms with E-state index in [9.17, 15) is 9.59 Å². The van der Waals surface area contributed by atoms with Gasteiger partial charge in [-0.15, -0.1) is 0 Å². The van der Waals surface area contributed by atoms with Gasteiger partial charge in [-0.2, -0.15) is 0 Å². The molecule has 0 saturated heterocycles. The maximum absolute atomic E-state index is 12.8. The van der Waals surface area contributed by atoms with Crippen molar-refractivity contribution < 1.29 is 4.79 Å². The highest BCUT2D eigenvalue weighted by molar-refractivity contribution is 5.90. The second kappa shape index (κ2) is 7.52. The van der Waals surface area contributed by atoms with Gasteiger partial charge in [-0.1, -0.05) is 45.0 Å². The van der Waals surface area contributed by atoms with E-state index in [1.54, 1.807) is 12.1 Å². The summed E-state index contributed by atoms with van der Waals surface area (Å²) in [7, 11) is 0. The average Bonchev–Trinajstić information content (AvgIpc) is 2.64. The van der Waals surface area contributed by atoms with Crippen molar-refractivity contribution in [2.75, 3.05) is 5.32 Å². The highest BCUT2D eigenvalue weighted by Crippen LogP contribution is 2.17. The number of rotatable bonds is 5. The van der Waals surface area contributed by atoms with Gasteiger partial charge in [0.2, 0.25) is 5.91 Å². The molecule has 0 aliphatic carbocycles. The van der Waals surface area contributed by atoms with Crippen molar-refractivity contribution in [2.45, 2.75) is 39.7 Å². The fraction of sp³-hybridized carbons (Fsp3) is 0.286. The number of nitrogens with one attached hydrogen (secondary N) is 1. The Labute approximate surface area is 152 Å². The summed E-state index contributed by atoms with van der Waals surface area (Å²) in [4.78, 5) is 29.7. The number of anilines is 1. The molecule has 0 bridgehead atoms. The summed E-state index contributed by atoms with van der Waals surface area (Å²) in [5, 5.41) is 3.38. The molecule has 1 heterocycles. The smallest absolute Gasteiger partial charge is 0.261 e. The molecule has 1 amide bonds. The number of aryl methyl sites for hydroxylation is 1. The number of amides is 1. The number of carbonyl (C=O) groups excluding carboxylic acids is 1. The van der Waals surface area contributed by atoms with Crippen LogP contribution in [0.15, 0.2) is 53.3 Å². The molecule has 1 N–H and O–H groups in total. The fourth-order valence-electron chi connectivity index (χ4n) is 2.94. The molecule has 0 atom stereocenters. The summed E-state index contributed by atoms with van der Waals surface area (Å²) < 4.78 is 1.46. The van der Waals surface area contributed by atoms with E-state index in [0.29, 0.717) is 29.1 Å². The average molecular weight is 349 g/mol. The number of para-hydroxylation sites is 1. The molecule has 0 aliphatic rings. The van der Waals surface area contributed by atoms with Gasteiger partial charge < -0.3 is 5.32 Å². The Morgan fingerprint density at radius 1 is 1.12 bits per heavy atom. The van der Waals surface area contributed by atoms with Crippen molar-refractivity contribution in [3.63, 3.8) is 0 Å². The maximum Gasteiger partial charge on any atom is 0.261 e. The molecule has 0 saturated carbocycles. The summed E-state index contributed by atoms with van der Waals surface area (Å²) in [6.45, 7) is 6.12. The van der Waals surface area contributed by atoms with Crippen LogP contribution in [0.2, 0.25) is 0 Å². The zero-order chi connectivity index (χ0) is 18.7. The van der Waals surface area contributed by atoms with Crippen molar-refractivity contribution >= 4 is 22.5 Å². The highest BCUT2D eigenvalue weighted by atomic mass is 16.2. The highest BCUT2D eigenvalue weighted by Gasteiger charge is 2.13. The van der Waals surface area contributed by atoms with Gasteiger partial charge in [-0.25, -0.2) is 4.98 Å². The second-order valence-corrected chi connectivity index (χ2v) is 6.61. The Hall–Kier alpha value is -2.95. The minimum atomic E-state index is -0.240. The molecule has 5 nitrogen and oxygen atoms in total. The van der Waals surface area contributed by atoms with E-state index in [-0.39, 0.29) is 18.0 Å². The van der Waals surface area contributed by atoms with Crippen LogP contribution < -0.4 is 10.9 Å². The number of nitrogens with zero attached hydrogens (tertiary/aromatic N) is 2. The minimum absolute atomic E-state index is 0.0498. The maximum atomic E-state index is 12.8. The molecule has 0 aliphatic heterocycles. The zero-order valence-corrected chi connectivity index (χ0v) is 15.3. The van der Waals surface area contributed by atoms with Crippen LogP contribution in [0.1, 0.15) is 38.1 Å². The molecule has 0 spiro atoms. The second-order valence-electron chi connectivity index (χ2n) is 6.61. The third-order valence-corrected chi connectivity index (χ3v) is 4.42. The molecule has 2 aromatic carbocycles. The summed E-state index contributed by atoms with van der Waals surface area (Å²) in [5.74, 6) is 0.810. The number of benzene rings is 2. The molecular formula is C21H23N3O2. The zero-order valence-electron chi connectivity index (χ0n) is 15.3. The first-order valence-corrected chi connectivity index (χ1v) is 8.88. The summed E-state index contributed by atoms with van der Waals surface area (Å²) in [6, 6.07) is 15.0. The molecule has 0 unspecified atom stereocenters. The lowest BCUT2D eigenvalue weighted by molar-refractivity contribution is -0.116. The third-order valence-electron chi connectivity index (χ3n) is 4.42. The van der Waals surface area contributed by atoms with Crippen LogP contribution in [-0.2, 0) is 17.8 Å². The quantitative estimate of drug-likeness (QED) is 0.763. The van der Waals surface area contributed by atoms with Crippen molar-refractivity contribution in [3.8, 4) is 0 Å². The lowest BCUT2D eigenvalue weighted by Gasteiger charge is -2.13. The summed E-state index contributed by atoms with van der Waals surface area (Å²) in [6.07, 6.45) is 0.580. The summed E-state index contributed by atoms with van der Waals surface area (Å²) in [5.41, 5.74) is 2.42. The lowest BCUT2D eigenvalue weighted by Crippen LogP contribution is -2.31. The van der Waals surface area contributed by atoms with E-state index in [4.69, 9.17) is 0 Å². The molecule has 5 heteroatoms.